The predicted molar refractivity (Wildman–Crippen MR) is 85.1 cm³/mol. The summed E-state index contributed by atoms with van der Waals surface area (Å²) < 4.78 is 0. The summed E-state index contributed by atoms with van der Waals surface area (Å²) in [6.45, 7) is 12.6. The van der Waals surface area contributed by atoms with Crippen molar-refractivity contribution in [2.45, 2.75) is 64.5 Å². The van der Waals surface area contributed by atoms with Crippen LogP contribution in [0, 0.1) is 5.41 Å². The number of nitrogens with zero attached hydrogens (tertiary/aromatic N) is 2. The van der Waals surface area contributed by atoms with Crippen LogP contribution in [-0.2, 0) is 0 Å². The van der Waals surface area contributed by atoms with Crippen molar-refractivity contribution >= 4 is 0 Å². The topological polar surface area (TPSA) is 18.5 Å². The molecule has 1 atom stereocenters. The van der Waals surface area contributed by atoms with Crippen LogP contribution in [0.15, 0.2) is 0 Å². The molecular formula is C17H33N3. The summed E-state index contributed by atoms with van der Waals surface area (Å²) in [5.74, 6) is 0. The van der Waals surface area contributed by atoms with E-state index in [1.165, 1.54) is 77.8 Å². The zero-order valence-electron chi connectivity index (χ0n) is 13.5. The Morgan fingerprint density at radius 3 is 2.55 bits per heavy atom. The quantitative estimate of drug-likeness (QED) is 0.771. The summed E-state index contributed by atoms with van der Waals surface area (Å²) in [5.41, 5.74) is 0.503. The van der Waals surface area contributed by atoms with E-state index in [9.17, 15) is 0 Å². The highest BCUT2D eigenvalue weighted by Crippen LogP contribution is 2.31. The van der Waals surface area contributed by atoms with Crippen LogP contribution in [0.1, 0.15) is 52.4 Å². The predicted octanol–water partition coefficient (Wildman–Crippen LogP) is 2.32. The van der Waals surface area contributed by atoms with Gasteiger partial charge in [-0.05, 0) is 50.5 Å². The van der Waals surface area contributed by atoms with Crippen LogP contribution in [0.25, 0.3) is 0 Å². The molecule has 1 saturated carbocycles. The number of rotatable bonds is 7. The average molecular weight is 279 g/mol. The molecule has 1 unspecified atom stereocenters. The summed E-state index contributed by atoms with van der Waals surface area (Å²) in [6, 6.07) is 1.71. The maximum Gasteiger partial charge on any atom is 0.0224 e. The van der Waals surface area contributed by atoms with E-state index in [2.05, 4.69) is 29.0 Å². The molecule has 3 rings (SSSR count). The molecule has 1 N–H and O–H groups in total. The van der Waals surface area contributed by atoms with Gasteiger partial charge in [0.1, 0.15) is 0 Å². The van der Waals surface area contributed by atoms with E-state index in [0.29, 0.717) is 5.41 Å². The molecular weight excluding hydrogens is 246 g/mol. The lowest BCUT2D eigenvalue weighted by Gasteiger charge is -2.43. The van der Waals surface area contributed by atoms with Crippen LogP contribution in [0.4, 0.5) is 0 Å². The van der Waals surface area contributed by atoms with Crippen LogP contribution in [0.2, 0.25) is 0 Å². The molecule has 2 heterocycles. The highest BCUT2D eigenvalue weighted by molar-refractivity contribution is 4.92. The number of fused-ring (bicyclic) bond motifs is 1. The van der Waals surface area contributed by atoms with E-state index in [0.717, 1.165) is 12.1 Å². The van der Waals surface area contributed by atoms with Gasteiger partial charge in [-0.2, -0.15) is 0 Å². The van der Waals surface area contributed by atoms with Crippen molar-refractivity contribution < 1.29 is 0 Å². The second-order valence-electron chi connectivity index (χ2n) is 7.43. The maximum absolute atomic E-state index is 3.80. The summed E-state index contributed by atoms with van der Waals surface area (Å²) in [5, 5.41) is 3.80. The molecule has 3 nitrogen and oxygen atoms in total. The molecule has 116 valence electrons. The molecule has 0 aromatic heterocycles. The van der Waals surface area contributed by atoms with Gasteiger partial charge in [-0.15, -0.1) is 0 Å². The number of piperazine rings is 1. The molecule has 1 aliphatic carbocycles. The first-order valence-electron chi connectivity index (χ1n) is 8.94. The largest absolute Gasteiger partial charge is 0.313 e. The number of hydrogen-bond acceptors (Lipinski definition) is 3. The molecule has 0 spiro atoms. The summed E-state index contributed by atoms with van der Waals surface area (Å²) in [6.07, 6.45) is 8.30. The van der Waals surface area contributed by atoms with E-state index in [1.54, 1.807) is 0 Å². The second kappa shape index (κ2) is 6.33. The van der Waals surface area contributed by atoms with Gasteiger partial charge in [0.25, 0.3) is 0 Å². The van der Waals surface area contributed by atoms with Crippen LogP contribution >= 0.6 is 0 Å². The minimum Gasteiger partial charge on any atom is -0.313 e. The van der Waals surface area contributed by atoms with Gasteiger partial charge in [0.15, 0.2) is 0 Å². The van der Waals surface area contributed by atoms with E-state index in [4.69, 9.17) is 0 Å². The highest BCUT2D eigenvalue weighted by Gasteiger charge is 2.35. The molecule has 0 radical (unpaired) electrons. The Labute approximate surface area is 125 Å². The minimum atomic E-state index is 0.503. The van der Waals surface area contributed by atoms with Crippen molar-refractivity contribution in [1.82, 2.24) is 15.1 Å². The third kappa shape index (κ3) is 3.37. The van der Waals surface area contributed by atoms with E-state index in [-0.39, 0.29) is 0 Å². The van der Waals surface area contributed by atoms with Gasteiger partial charge in [0, 0.05) is 44.8 Å². The van der Waals surface area contributed by atoms with Gasteiger partial charge in [-0.1, -0.05) is 13.8 Å². The molecule has 3 fully saturated rings. The normalized spacial score (nSPS) is 28.8. The standard InChI is InChI=1S/C17H33N3/c1-3-17(4-2,13-18-15-7-8-15)14-19-10-11-20-9-5-6-16(20)12-19/h15-16,18H,3-14H2,1-2H3. The Morgan fingerprint density at radius 2 is 1.85 bits per heavy atom. The van der Waals surface area contributed by atoms with Crippen molar-refractivity contribution in [3.05, 3.63) is 0 Å². The van der Waals surface area contributed by atoms with E-state index in [1.807, 2.05) is 0 Å². The van der Waals surface area contributed by atoms with Crippen LogP contribution in [0.5, 0.6) is 0 Å². The van der Waals surface area contributed by atoms with Gasteiger partial charge in [0.05, 0.1) is 0 Å². The lowest BCUT2D eigenvalue weighted by atomic mass is 9.81. The zero-order valence-corrected chi connectivity index (χ0v) is 13.5. The molecule has 0 amide bonds. The number of nitrogens with one attached hydrogen (secondary N) is 1. The monoisotopic (exact) mass is 279 g/mol. The fourth-order valence-corrected chi connectivity index (χ4v) is 4.10. The lowest BCUT2D eigenvalue weighted by Crippen LogP contribution is -2.54. The van der Waals surface area contributed by atoms with Gasteiger partial charge >= 0.3 is 0 Å². The molecule has 0 aromatic rings. The second-order valence-corrected chi connectivity index (χ2v) is 7.43. The summed E-state index contributed by atoms with van der Waals surface area (Å²) in [7, 11) is 0. The van der Waals surface area contributed by atoms with Crippen molar-refractivity contribution in [3.63, 3.8) is 0 Å². The van der Waals surface area contributed by atoms with Crippen LogP contribution < -0.4 is 5.32 Å². The first kappa shape index (κ1) is 14.8. The molecule has 3 aliphatic rings. The first-order chi connectivity index (χ1) is 9.74. The van der Waals surface area contributed by atoms with Crippen molar-refractivity contribution in [2.75, 3.05) is 39.3 Å². The molecule has 0 bridgehead atoms. The maximum atomic E-state index is 3.80. The van der Waals surface area contributed by atoms with Crippen LogP contribution in [-0.4, -0.2) is 61.2 Å². The number of hydrogen-bond donors (Lipinski definition) is 1. The van der Waals surface area contributed by atoms with Gasteiger partial charge in [-0.3, -0.25) is 9.80 Å². The van der Waals surface area contributed by atoms with Gasteiger partial charge in [-0.25, -0.2) is 0 Å². The fraction of sp³-hybridized carbons (Fsp3) is 1.00. The van der Waals surface area contributed by atoms with E-state index < -0.39 is 0 Å². The molecule has 3 heteroatoms. The molecule has 2 saturated heterocycles. The van der Waals surface area contributed by atoms with Crippen molar-refractivity contribution in [3.8, 4) is 0 Å². The van der Waals surface area contributed by atoms with Crippen LogP contribution in [0.3, 0.4) is 0 Å². The van der Waals surface area contributed by atoms with E-state index >= 15 is 0 Å². The SMILES string of the molecule is CCC(CC)(CNC1CC1)CN1CCN2CCCC2C1. The fourth-order valence-electron chi connectivity index (χ4n) is 4.10. The third-order valence-electron chi connectivity index (χ3n) is 6.07. The first-order valence-corrected chi connectivity index (χ1v) is 8.94. The molecule has 0 aromatic carbocycles. The Kier molecular flexibility index (Phi) is 4.68. The Morgan fingerprint density at radius 1 is 1.05 bits per heavy atom. The Balaban J connectivity index is 1.54. The molecule has 2 aliphatic heterocycles. The van der Waals surface area contributed by atoms with Gasteiger partial charge < -0.3 is 5.32 Å². The Bertz CT molecular complexity index is 309. The average Bonchev–Trinajstić information content (AvgIpc) is 3.20. The Hall–Kier alpha value is -0.120. The zero-order chi connectivity index (χ0) is 14.0. The van der Waals surface area contributed by atoms with Crippen molar-refractivity contribution in [2.24, 2.45) is 5.41 Å². The third-order valence-corrected chi connectivity index (χ3v) is 6.07. The highest BCUT2D eigenvalue weighted by atomic mass is 15.3. The smallest absolute Gasteiger partial charge is 0.0224 e. The summed E-state index contributed by atoms with van der Waals surface area (Å²) in [4.78, 5) is 5.49. The molecule has 20 heavy (non-hydrogen) atoms. The minimum absolute atomic E-state index is 0.503. The summed E-state index contributed by atoms with van der Waals surface area (Å²) >= 11 is 0. The lowest BCUT2D eigenvalue weighted by molar-refractivity contribution is 0.0594. The van der Waals surface area contributed by atoms with Crippen molar-refractivity contribution in [1.29, 1.82) is 0 Å². The van der Waals surface area contributed by atoms with Gasteiger partial charge in [0.2, 0.25) is 0 Å².